The fourth-order valence-electron chi connectivity index (χ4n) is 2.43. The van der Waals surface area contributed by atoms with E-state index in [4.69, 9.17) is 5.73 Å². The monoisotopic (exact) mass is 382 g/mol. The molecule has 26 heavy (non-hydrogen) atoms. The first-order chi connectivity index (χ1) is 12.7. The first kappa shape index (κ1) is 16.6. The number of nitrogens with zero attached hydrogens (tertiary/aromatic N) is 4. The number of aromatic nitrogens is 4. The van der Waals surface area contributed by atoms with Crippen LogP contribution in [0, 0.1) is 0 Å². The second kappa shape index (κ2) is 7.14. The number of carbonyl (C=O) groups excluding carboxylic acids is 1. The van der Waals surface area contributed by atoms with Gasteiger partial charge >= 0.3 is 0 Å². The average molecular weight is 382 g/mol. The number of benzene rings is 1. The molecule has 4 rings (SSSR count). The number of anilines is 1. The van der Waals surface area contributed by atoms with Crippen LogP contribution in [0.25, 0.3) is 21.0 Å². The Bertz CT molecular complexity index is 1060. The molecule has 0 aliphatic rings. The normalized spacial score (nSPS) is 10.9. The lowest BCUT2D eigenvalue weighted by Gasteiger charge is -2.04. The summed E-state index contributed by atoms with van der Waals surface area (Å²) >= 11 is 2.90. The van der Waals surface area contributed by atoms with Gasteiger partial charge in [0.2, 0.25) is 0 Å². The number of thiazole rings is 2. The van der Waals surface area contributed by atoms with E-state index in [1.165, 1.54) is 22.7 Å². The van der Waals surface area contributed by atoms with E-state index in [-0.39, 0.29) is 5.91 Å². The Kier molecular flexibility index (Phi) is 4.55. The third kappa shape index (κ3) is 3.53. The Balaban J connectivity index is 1.36. The minimum atomic E-state index is -0.139. The van der Waals surface area contributed by atoms with Crippen molar-refractivity contribution in [3.63, 3.8) is 0 Å². The van der Waals surface area contributed by atoms with E-state index < -0.39 is 0 Å². The van der Waals surface area contributed by atoms with Crippen LogP contribution in [-0.4, -0.2) is 32.4 Å². The summed E-state index contributed by atoms with van der Waals surface area (Å²) in [5.74, 6) is 0.476. The minimum Gasteiger partial charge on any atom is -0.375 e. The van der Waals surface area contributed by atoms with Gasteiger partial charge in [0.25, 0.3) is 5.91 Å². The van der Waals surface area contributed by atoms with Crippen LogP contribution in [0.4, 0.5) is 5.13 Å². The van der Waals surface area contributed by atoms with Crippen molar-refractivity contribution >= 4 is 43.9 Å². The summed E-state index contributed by atoms with van der Waals surface area (Å²) in [6.07, 6.45) is 4.02. The molecule has 1 amide bonds. The Morgan fingerprint density at radius 2 is 2.04 bits per heavy atom. The van der Waals surface area contributed by atoms with Crippen molar-refractivity contribution in [1.29, 1.82) is 0 Å². The fourth-order valence-corrected chi connectivity index (χ4v) is 3.94. The van der Waals surface area contributed by atoms with Gasteiger partial charge in [-0.05, 0) is 24.3 Å². The summed E-state index contributed by atoms with van der Waals surface area (Å²) in [5.41, 5.74) is 7.91. The van der Waals surface area contributed by atoms with Crippen molar-refractivity contribution in [3.05, 3.63) is 53.3 Å². The number of amides is 1. The number of carbonyl (C=O) groups is 1. The first-order valence-electron chi connectivity index (χ1n) is 7.85. The van der Waals surface area contributed by atoms with Crippen molar-refractivity contribution in [2.45, 2.75) is 6.42 Å². The summed E-state index contributed by atoms with van der Waals surface area (Å²) < 4.78 is 0.970. The Hall–Kier alpha value is -2.91. The van der Waals surface area contributed by atoms with Gasteiger partial charge in [0.15, 0.2) is 16.0 Å². The smallest absolute Gasteiger partial charge is 0.251 e. The van der Waals surface area contributed by atoms with E-state index in [2.05, 4.69) is 25.3 Å². The van der Waals surface area contributed by atoms with Gasteiger partial charge in [0.1, 0.15) is 0 Å². The molecule has 0 saturated heterocycles. The zero-order chi connectivity index (χ0) is 17.9. The number of fused-ring (bicyclic) bond motifs is 1. The van der Waals surface area contributed by atoms with Crippen LogP contribution in [-0.2, 0) is 6.42 Å². The van der Waals surface area contributed by atoms with E-state index in [1.54, 1.807) is 30.6 Å². The van der Waals surface area contributed by atoms with Crippen molar-refractivity contribution in [2.75, 3.05) is 12.3 Å². The highest BCUT2D eigenvalue weighted by Crippen LogP contribution is 2.24. The molecule has 7 nitrogen and oxygen atoms in total. The molecule has 0 radical (unpaired) electrons. The van der Waals surface area contributed by atoms with E-state index in [1.807, 2.05) is 11.4 Å². The molecule has 3 N–H and O–H groups in total. The van der Waals surface area contributed by atoms with Gasteiger partial charge in [-0.15, -0.1) is 11.3 Å². The van der Waals surface area contributed by atoms with Crippen LogP contribution in [0.2, 0.25) is 0 Å². The summed E-state index contributed by atoms with van der Waals surface area (Å²) in [6.45, 7) is 0.495. The highest BCUT2D eigenvalue weighted by atomic mass is 32.1. The van der Waals surface area contributed by atoms with E-state index in [9.17, 15) is 4.79 Å². The topological polar surface area (TPSA) is 107 Å². The number of hydrogen-bond donors (Lipinski definition) is 2. The molecule has 0 atom stereocenters. The van der Waals surface area contributed by atoms with Crippen LogP contribution in [0.1, 0.15) is 16.1 Å². The van der Waals surface area contributed by atoms with Crippen LogP contribution in [0.3, 0.4) is 0 Å². The lowest BCUT2D eigenvalue weighted by Crippen LogP contribution is -2.25. The van der Waals surface area contributed by atoms with E-state index in [0.717, 1.165) is 20.9 Å². The van der Waals surface area contributed by atoms with Crippen molar-refractivity contribution in [3.8, 4) is 10.8 Å². The van der Waals surface area contributed by atoms with Crippen LogP contribution in [0.15, 0.2) is 42.0 Å². The Morgan fingerprint density at radius 1 is 1.19 bits per heavy atom. The van der Waals surface area contributed by atoms with Crippen molar-refractivity contribution in [1.82, 2.24) is 25.3 Å². The highest BCUT2D eigenvalue weighted by molar-refractivity contribution is 7.22. The van der Waals surface area contributed by atoms with Crippen molar-refractivity contribution in [2.24, 2.45) is 0 Å². The van der Waals surface area contributed by atoms with Gasteiger partial charge in [0, 0.05) is 36.3 Å². The van der Waals surface area contributed by atoms with E-state index >= 15 is 0 Å². The third-order valence-electron chi connectivity index (χ3n) is 3.64. The maximum absolute atomic E-state index is 12.3. The molecule has 130 valence electrons. The molecular weight excluding hydrogens is 368 g/mol. The number of nitrogens with one attached hydrogen (secondary N) is 1. The molecule has 0 unspecified atom stereocenters. The van der Waals surface area contributed by atoms with Gasteiger partial charge in [-0.3, -0.25) is 4.79 Å². The third-order valence-corrected chi connectivity index (χ3v) is 5.39. The molecule has 0 saturated carbocycles. The zero-order valence-corrected chi connectivity index (χ0v) is 15.2. The summed E-state index contributed by atoms with van der Waals surface area (Å²) in [5, 5.41) is 6.14. The number of nitrogens with two attached hydrogens (primary N) is 1. The molecule has 0 spiro atoms. The SMILES string of the molecule is Nc1nc2cc(C(=O)NCCc3csc(-c4ncccn4)n3)ccc2s1. The molecule has 4 aromatic rings. The number of rotatable bonds is 5. The second-order valence-electron chi connectivity index (χ2n) is 5.46. The molecule has 0 aliphatic carbocycles. The van der Waals surface area contributed by atoms with Gasteiger partial charge in [0.05, 0.1) is 15.9 Å². The lowest BCUT2D eigenvalue weighted by atomic mass is 10.2. The number of nitrogen functional groups attached to an aromatic ring is 1. The fraction of sp³-hybridized carbons (Fsp3) is 0.118. The highest BCUT2D eigenvalue weighted by Gasteiger charge is 2.10. The summed E-state index contributed by atoms with van der Waals surface area (Å²) in [7, 11) is 0. The Morgan fingerprint density at radius 3 is 2.88 bits per heavy atom. The lowest BCUT2D eigenvalue weighted by molar-refractivity contribution is 0.0954. The summed E-state index contributed by atoms with van der Waals surface area (Å²) in [4.78, 5) is 29.4. The summed E-state index contributed by atoms with van der Waals surface area (Å²) in [6, 6.07) is 7.17. The largest absolute Gasteiger partial charge is 0.375 e. The quantitative estimate of drug-likeness (QED) is 0.550. The van der Waals surface area contributed by atoms with Gasteiger partial charge in [-0.2, -0.15) is 0 Å². The zero-order valence-electron chi connectivity index (χ0n) is 13.5. The van der Waals surface area contributed by atoms with Gasteiger partial charge in [-0.1, -0.05) is 11.3 Å². The molecule has 1 aromatic carbocycles. The van der Waals surface area contributed by atoms with Gasteiger partial charge < -0.3 is 11.1 Å². The minimum absolute atomic E-state index is 0.139. The van der Waals surface area contributed by atoms with E-state index in [0.29, 0.717) is 29.5 Å². The maximum atomic E-state index is 12.3. The molecule has 3 aromatic heterocycles. The molecule has 0 aliphatic heterocycles. The molecule has 0 bridgehead atoms. The maximum Gasteiger partial charge on any atom is 0.251 e. The average Bonchev–Trinajstić information content (AvgIpc) is 3.27. The second-order valence-corrected chi connectivity index (χ2v) is 7.38. The molecule has 9 heteroatoms. The predicted molar refractivity (Wildman–Crippen MR) is 103 cm³/mol. The van der Waals surface area contributed by atoms with Crippen LogP contribution in [0.5, 0.6) is 0 Å². The van der Waals surface area contributed by atoms with Gasteiger partial charge in [-0.25, -0.2) is 19.9 Å². The standard InChI is InChI=1S/C17H14N6OS2/c18-17-23-12-8-10(2-3-13(12)26-17)15(24)21-7-4-11-9-25-16(22-11)14-19-5-1-6-20-14/h1-3,5-6,8-9H,4,7H2,(H2,18,23)(H,21,24). The Labute approximate surface area is 157 Å². The molecule has 3 heterocycles. The van der Waals surface area contributed by atoms with Crippen LogP contribution < -0.4 is 11.1 Å². The predicted octanol–water partition coefficient (Wildman–Crippen LogP) is 2.76. The van der Waals surface area contributed by atoms with Crippen molar-refractivity contribution < 1.29 is 4.79 Å². The first-order valence-corrected chi connectivity index (χ1v) is 9.55. The molecular formula is C17H14N6OS2. The molecule has 0 fully saturated rings. The van der Waals surface area contributed by atoms with Crippen LogP contribution >= 0.6 is 22.7 Å². The number of hydrogen-bond acceptors (Lipinski definition) is 8.